The van der Waals surface area contributed by atoms with E-state index in [4.69, 9.17) is 0 Å². The maximum absolute atomic E-state index is 12.2. The molecular formula is C30H30O6S2. The summed E-state index contributed by atoms with van der Waals surface area (Å²) in [7, 11) is -8.88. The zero-order valence-corrected chi connectivity index (χ0v) is 22.9. The minimum absolute atomic E-state index is 0.183. The molecule has 0 aromatic heterocycles. The highest BCUT2D eigenvalue weighted by atomic mass is 32.2. The fraction of sp³-hybridized carbons (Fsp3) is 0.200. The Bertz CT molecular complexity index is 1660. The molecule has 4 rings (SSSR count). The van der Waals surface area contributed by atoms with Gasteiger partial charge < -0.3 is 0 Å². The van der Waals surface area contributed by atoms with Gasteiger partial charge in [-0.15, -0.1) is 0 Å². The summed E-state index contributed by atoms with van der Waals surface area (Å²) in [6.45, 7) is 3.70. The smallest absolute Gasteiger partial charge is 0.282 e. The molecule has 0 saturated heterocycles. The van der Waals surface area contributed by atoms with Crippen LogP contribution in [-0.4, -0.2) is 25.9 Å². The first kappa shape index (κ1) is 27.7. The SMILES string of the molecule is CCc1ccc(Cc2ccc(Cc3ccc(Cc4ccc(C)c(S(=O)(=O)O)c4)cc3S(=O)(=O)O)cc2)cc1. The molecule has 0 aliphatic rings. The fourth-order valence-electron chi connectivity index (χ4n) is 4.49. The maximum atomic E-state index is 12.2. The van der Waals surface area contributed by atoms with Crippen molar-refractivity contribution >= 4 is 20.2 Å². The van der Waals surface area contributed by atoms with Crippen molar-refractivity contribution in [2.24, 2.45) is 0 Å². The second-order valence-electron chi connectivity index (χ2n) is 9.51. The van der Waals surface area contributed by atoms with Gasteiger partial charge in [0.15, 0.2) is 0 Å². The topological polar surface area (TPSA) is 109 Å². The summed E-state index contributed by atoms with van der Waals surface area (Å²) in [6, 6.07) is 26.0. The van der Waals surface area contributed by atoms with Crippen LogP contribution in [-0.2, 0) is 45.9 Å². The Morgan fingerprint density at radius 1 is 0.526 bits per heavy atom. The number of hydrogen-bond donors (Lipinski definition) is 2. The zero-order valence-electron chi connectivity index (χ0n) is 21.3. The molecule has 38 heavy (non-hydrogen) atoms. The minimum Gasteiger partial charge on any atom is -0.282 e. The predicted molar refractivity (Wildman–Crippen MR) is 148 cm³/mol. The highest BCUT2D eigenvalue weighted by Gasteiger charge is 2.18. The third kappa shape index (κ3) is 6.96. The third-order valence-corrected chi connectivity index (χ3v) is 8.54. The molecule has 2 N–H and O–H groups in total. The summed E-state index contributed by atoms with van der Waals surface area (Å²) in [5.74, 6) is 0. The fourth-order valence-corrected chi connectivity index (χ4v) is 6.03. The Balaban J connectivity index is 1.54. The molecular weight excluding hydrogens is 520 g/mol. The van der Waals surface area contributed by atoms with Crippen molar-refractivity contribution in [3.05, 3.63) is 129 Å². The maximum Gasteiger partial charge on any atom is 0.294 e. The number of aryl methyl sites for hydroxylation is 2. The van der Waals surface area contributed by atoms with Crippen LogP contribution in [0.1, 0.15) is 51.4 Å². The summed E-state index contributed by atoms with van der Waals surface area (Å²) in [5.41, 5.74) is 6.60. The monoisotopic (exact) mass is 550 g/mol. The van der Waals surface area contributed by atoms with E-state index in [0.29, 0.717) is 28.7 Å². The molecule has 4 aromatic carbocycles. The lowest BCUT2D eigenvalue weighted by atomic mass is 9.98. The van der Waals surface area contributed by atoms with Crippen LogP contribution in [0.15, 0.2) is 94.7 Å². The van der Waals surface area contributed by atoms with E-state index in [1.54, 1.807) is 31.2 Å². The summed E-state index contributed by atoms with van der Waals surface area (Å²) < 4.78 is 67.1. The molecule has 6 nitrogen and oxygen atoms in total. The van der Waals surface area contributed by atoms with Gasteiger partial charge >= 0.3 is 0 Å². The van der Waals surface area contributed by atoms with Crippen LogP contribution in [0.5, 0.6) is 0 Å². The van der Waals surface area contributed by atoms with Crippen molar-refractivity contribution in [1.29, 1.82) is 0 Å². The van der Waals surface area contributed by atoms with Crippen LogP contribution in [0, 0.1) is 6.92 Å². The molecule has 0 bridgehead atoms. The molecule has 198 valence electrons. The number of rotatable bonds is 9. The van der Waals surface area contributed by atoms with E-state index in [1.807, 2.05) is 24.3 Å². The quantitative estimate of drug-likeness (QED) is 0.254. The van der Waals surface area contributed by atoms with Gasteiger partial charge in [-0.1, -0.05) is 79.7 Å². The minimum atomic E-state index is -4.50. The van der Waals surface area contributed by atoms with E-state index in [2.05, 4.69) is 31.2 Å². The second-order valence-corrected chi connectivity index (χ2v) is 12.3. The van der Waals surface area contributed by atoms with Gasteiger partial charge in [-0.3, -0.25) is 9.11 Å². The lowest BCUT2D eigenvalue weighted by Gasteiger charge is -2.12. The normalized spacial score (nSPS) is 12.0. The number of hydrogen-bond acceptors (Lipinski definition) is 4. The first-order valence-electron chi connectivity index (χ1n) is 12.2. The Hall–Kier alpha value is -3.30. The van der Waals surface area contributed by atoms with Gasteiger partial charge in [0.1, 0.15) is 0 Å². The van der Waals surface area contributed by atoms with Gasteiger partial charge in [0, 0.05) is 0 Å². The molecule has 0 fully saturated rings. The molecule has 0 saturated carbocycles. The largest absolute Gasteiger partial charge is 0.294 e. The Kier molecular flexibility index (Phi) is 8.18. The molecule has 8 heteroatoms. The molecule has 0 amide bonds. The molecule has 0 spiro atoms. The van der Waals surface area contributed by atoms with Gasteiger partial charge in [0.05, 0.1) is 9.79 Å². The number of benzene rings is 4. The van der Waals surface area contributed by atoms with Crippen molar-refractivity contribution in [1.82, 2.24) is 0 Å². The Morgan fingerprint density at radius 3 is 1.42 bits per heavy atom. The van der Waals surface area contributed by atoms with Crippen LogP contribution in [0.4, 0.5) is 0 Å². The van der Waals surface area contributed by atoms with Crippen molar-refractivity contribution in [3.8, 4) is 0 Å². The van der Waals surface area contributed by atoms with E-state index in [9.17, 15) is 25.9 Å². The van der Waals surface area contributed by atoms with Crippen molar-refractivity contribution in [2.75, 3.05) is 0 Å². The summed E-state index contributed by atoms with van der Waals surface area (Å²) in [4.78, 5) is -0.375. The average Bonchev–Trinajstić information content (AvgIpc) is 2.86. The van der Waals surface area contributed by atoms with E-state index in [1.165, 1.54) is 23.3 Å². The average molecular weight is 551 g/mol. The lowest BCUT2D eigenvalue weighted by molar-refractivity contribution is 0.480. The van der Waals surface area contributed by atoms with E-state index >= 15 is 0 Å². The van der Waals surface area contributed by atoms with Gasteiger partial charge in [-0.25, -0.2) is 0 Å². The van der Waals surface area contributed by atoms with Crippen LogP contribution >= 0.6 is 0 Å². The predicted octanol–water partition coefficient (Wildman–Crippen LogP) is 5.82. The molecule has 4 aromatic rings. The van der Waals surface area contributed by atoms with Crippen LogP contribution < -0.4 is 0 Å². The molecule has 0 radical (unpaired) electrons. The summed E-state index contributed by atoms with van der Waals surface area (Å²) >= 11 is 0. The zero-order chi connectivity index (χ0) is 27.5. The first-order valence-corrected chi connectivity index (χ1v) is 15.1. The van der Waals surface area contributed by atoms with Crippen molar-refractivity contribution < 1.29 is 25.9 Å². The molecule has 0 heterocycles. The first-order chi connectivity index (χ1) is 17.9. The Labute approximate surface area is 224 Å². The van der Waals surface area contributed by atoms with Crippen LogP contribution in [0.25, 0.3) is 0 Å². The van der Waals surface area contributed by atoms with Gasteiger partial charge in [0.2, 0.25) is 0 Å². The highest BCUT2D eigenvalue weighted by Crippen LogP contribution is 2.25. The second kappa shape index (κ2) is 11.2. The highest BCUT2D eigenvalue weighted by molar-refractivity contribution is 7.86. The third-order valence-electron chi connectivity index (χ3n) is 6.61. The van der Waals surface area contributed by atoms with Gasteiger partial charge in [-0.05, 0) is 89.2 Å². The molecule has 0 atom stereocenters. The summed E-state index contributed by atoms with van der Waals surface area (Å²) in [6.07, 6.45) is 2.34. The summed E-state index contributed by atoms with van der Waals surface area (Å²) in [5, 5.41) is 0. The van der Waals surface area contributed by atoms with Gasteiger partial charge in [0.25, 0.3) is 20.2 Å². The Morgan fingerprint density at radius 2 is 0.921 bits per heavy atom. The van der Waals surface area contributed by atoms with E-state index in [-0.39, 0.29) is 16.2 Å². The van der Waals surface area contributed by atoms with E-state index < -0.39 is 20.2 Å². The standard InChI is InChI=1S/C30H30O6S2/c1-3-22-6-8-23(9-7-22)16-24-10-12-25(13-11-24)18-28-15-14-27(20-30(28)38(34,35)36)17-26-5-4-21(2)29(19-26)37(31,32)33/h4-15,19-20H,3,16-18H2,1-2H3,(H,31,32,33)(H,34,35,36). The molecule has 0 aliphatic heterocycles. The van der Waals surface area contributed by atoms with Crippen molar-refractivity contribution in [2.45, 2.75) is 49.3 Å². The van der Waals surface area contributed by atoms with Crippen LogP contribution in [0.2, 0.25) is 0 Å². The van der Waals surface area contributed by atoms with Crippen molar-refractivity contribution in [3.63, 3.8) is 0 Å². The van der Waals surface area contributed by atoms with E-state index in [0.717, 1.165) is 24.0 Å². The molecule has 0 aliphatic carbocycles. The molecule has 0 unspecified atom stereocenters. The lowest BCUT2D eigenvalue weighted by Crippen LogP contribution is -2.06. The van der Waals surface area contributed by atoms with Gasteiger partial charge in [-0.2, -0.15) is 16.8 Å². The van der Waals surface area contributed by atoms with Crippen LogP contribution in [0.3, 0.4) is 0 Å².